The molecule has 0 spiro atoms. The fourth-order valence-corrected chi connectivity index (χ4v) is 3.65. The third-order valence-corrected chi connectivity index (χ3v) is 5.17. The minimum atomic E-state index is -0.332. The second kappa shape index (κ2) is 7.59. The van der Waals surface area contributed by atoms with Crippen LogP contribution in [0, 0.1) is 6.92 Å². The Morgan fingerprint density at radius 3 is 2.63 bits per heavy atom. The lowest BCUT2D eigenvalue weighted by Crippen LogP contribution is -2.44. The molecule has 0 bridgehead atoms. The normalized spacial score (nSPS) is 11.3. The number of hydrogen-bond donors (Lipinski definition) is 2. The first-order valence-electron chi connectivity index (χ1n) is 9.86. The third kappa shape index (κ3) is 3.28. The van der Waals surface area contributed by atoms with Gasteiger partial charge in [0.25, 0.3) is 17.1 Å². The van der Waals surface area contributed by atoms with Gasteiger partial charge >= 0.3 is 0 Å². The molecule has 0 aliphatic carbocycles. The van der Waals surface area contributed by atoms with Gasteiger partial charge in [0.05, 0.1) is 6.04 Å². The molecule has 3 aromatic heterocycles. The Bertz CT molecular complexity index is 1330. The molecule has 0 saturated carbocycles. The van der Waals surface area contributed by atoms with Crippen LogP contribution in [0.25, 0.3) is 16.7 Å². The second-order valence-electron chi connectivity index (χ2n) is 7.61. The van der Waals surface area contributed by atoms with E-state index in [1.807, 2.05) is 57.2 Å². The molecule has 3 N–H and O–H groups in total. The number of rotatable bonds is 4. The number of carbonyl (C=O) groups is 1. The van der Waals surface area contributed by atoms with Gasteiger partial charge in [-0.1, -0.05) is 41.4 Å². The lowest BCUT2D eigenvalue weighted by Gasteiger charge is -2.15. The molecule has 0 radical (unpaired) electrons. The molecule has 4 aromatic rings. The summed E-state index contributed by atoms with van der Waals surface area (Å²) in [4.78, 5) is 30.9. The number of anilines is 1. The summed E-state index contributed by atoms with van der Waals surface area (Å²) in [6, 6.07) is 14.8. The monoisotopic (exact) mass is 402 g/mol. The van der Waals surface area contributed by atoms with Crippen molar-refractivity contribution in [1.82, 2.24) is 14.7 Å². The highest BCUT2D eigenvalue weighted by Gasteiger charge is 2.26. The number of pyridine rings is 2. The quantitative estimate of drug-likeness (QED) is 0.405. The predicted molar refractivity (Wildman–Crippen MR) is 116 cm³/mol. The van der Waals surface area contributed by atoms with Gasteiger partial charge in [0, 0.05) is 18.3 Å². The van der Waals surface area contributed by atoms with Crippen LogP contribution in [0.3, 0.4) is 0 Å². The largest absolute Gasteiger partial charge is 0.348 e. The smallest absolute Gasteiger partial charge is 0.278 e. The van der Waals surface area contributed by atoms with Crippen molar-refractivity contribution in [2.75, 3.05) is 5.73 Å². The van der Waals surface area contributed by atoms with Gasteiger partial charge in [-0.05, 0) is 38.5 Å². The van der Waals surface area contributed by atoms with Crippen molar-refractivity contribution in [3.63, 3.8) is 0 Å². The molecule has 0 atom stereocenters. The highest BCUT2D eigenvalue weighted by atomic mass is 16.1. The van der Waals surface area contributed by atoms with Crippen LogP contribution in [-0.4, -0.2) is 15.3 Å². The summed E-state index contributed by atoms with van der Waals surface area (Å²) in [5.41, 5.74) is 9.35. The molecule has 0 aliphatic heterocycles. The predicted octanol–water partition coefficient (Wildman–Crippen LogP) is 2.54. The maximum atomic E-state index is 13.2. The number of fused-ring (bicyclic) bond motifs is 2. The molecule has 0 aliphatic rings. The molecule has 152 valence electrons. The Kier molecular flexibility index (Phi) is 4.95. The van der Waals surface area contributed by atoms with E-state index in [1.165, 1.54) is 4.40 Å². The van der Waals surface area contributed by atoms with Crippen molar-refractivity contribution in [3.8, 4) is 0 Å². The minimum Gasteiger partial charge on any atom is -0.348 e. The third-order valence-electron chi connectivity index (χ3n) is 5.17. The zero-order valence-electron chi connectivity index (χ0n) is 17.2. The summed E-state index contributed by atoms with van der Waals surface area (Å²) in [5.74, 6) is -0.0470. The van der Waals surface area contributed by atoms with Gasteiger partial charge < -0.3 is 11.1 Å². The number of aryl methyl sites for hydroxylation is 1. The number of nitrogens with two attached hydrogens (primary N) is 1. The number of aromatic nitrogens is 3. The Morgan fingerprint density at radius 1 is 1.20 bits per heavy atom. The zero-order chi connectivity index (χ0) is 21.4. The van der Waals surface area contributed by atoms with E-state index in [0.29, 0.717) is 23.2 Å². The van der Waals surface area contributed by atoms with Crippen molar-refractivity contribution in [2.45, 2.75) is 33.4 Å². The van der Waals surface area contributed by atoms with E-state index in [-0.39, 0.29) is 28.9 Å². The first-order chi connectivity index (χ1) is 14.4. The van der Waals surface area contributed by atoms with Crippen LogP contribution in [-0.2, 0) is 6.54 Å². The number of nitrogens with one attached hydrogen (secondary N) is 1. The maximum Gasteiger partial charge on any atom is 0.278 e. The molecule has 0 saturated heterocycles. The SMILES string of the molecule is Cc1cccn2c(=O)c3cc(C(=O)NCc4ccccc4)c(N)[n+](C(C)C)c3nc12. The summed E-state index contributed by atoms with van der Waals surface area (Å²) < 4.78 is 3.25. The van der Waals surface area contributed by atoms with Gasteiger partial charge in [-0.15, -0.1) is 0 Å². The Hall–Kier alpha value is -3.74. The van der Waals surface area contributed by atoms with Crippen molar-refractivity contribution >= 4 is 28.4 Å². The van der Waals surface area contributed by atoms with Crippen LogP contribution in [0.1, 0.15) is 41.4 Å². The lowest BCUT2D eigenvalue weighted by molar-refractivity contribution is -0.679. The molecule has 30 heavy (non-hydrogen) atoms. The molecular weight excluding hydrogens is 378 g/mol. The van der Waals surface area contributed by atoms with E-state index in [0.717, 1.165) is 11.1 Å². The fraction of sp³-hybridized carbons (Fsp3) is 0.217. The van der Waals surface area contributed by atoms with Crippen molar-refractivity contribution in [3.05, 3.63) is 81.8 Å². The van der Waals surface area contributed by atoms with Crippen LogP contribution < -0.4 is 21.2 Å². The number of hydrogen-bond acceptors (Lipinski definition) is 4. The molecule has 7 heteroatoms. The maximum absolute atomic E-state index is 13.2. The first-order valence-corrected chi connectivity index (χ1v) is 9.86. The average molecular weight is 402 g/mol. The lowest BCUT2D eigenvalue weighted by atomic mass is 10.1. The van der Waals surface area contributed by atoms with Gasteiger partial charge in [-0.25, -0.2) is 4.57 Å². The average Bonchev–Trinajstić information content (AvgIpc) is 2.73. The summed E-state index contributed by atoms with van der Waals surface area (Å²) in [7, 11) is 0. The standard InChI is InChI=1S/C23H23N5O2/c1-14(2)28-19(24)17(22(29)25-13-16-9-5-4-6-10-16)12-18-21(28)26-20-15(3)8-7-11-27(20)23(18)30/h4-12,14,24H,13H2,1-3H3,(H,25,29)/p+1. The Balaban J connectivity index is 1.90. The van der Waals surface area contributed by atoms with E-state index < -0.39 is 0 Å². The van der Waals surface area contributed by atoms with Crippen LogP contribution in [0.4, 0.5) is 5.82 Å². The first kappa shape index (κ1) is 19.6. The van der Waals surface area contributed by atoms with E-state index >= 15 is 0 Å². The molecule has 3 heterocycles. The van der Waals surface area contributed by atoms with Gasteiger partial charge in [0.15, 0.2) is 0 Å². The number of carbonyl (C=O) groups excluding carboxylic acids is 1. The van der Waals surface area contributed by atoms with Gasteiger partial charge in [-0.2, -0.15) is 0 Å². The number of benzene rings is 1. The summed E-state index contributed by atoms with van der Waals surface area (Å²) in [6.07, 6.45) is 1.68. The summed E-state index contributed by atoms with van der Waals surface area (Å²) in [6.45, 7) is 6.17. The minimum absolute atomic E-state index is 0.0901. The van der Waals surface area contributed by atoms with Crippen LogP contribution in [0.2, 0.25) is 0 Å². The molecular formula is C23H24N5O2+. The van der Waals surface area contributed by atoms with Crippen LogP contribution in [0.15, 0.2) is 59.5 Å². The second-order valence-corrected chi connectivity index (χ2v) is 7.61. The highest BCUT2D eigenvalue weighted by molar-refractivity contribution is 6.00. The Labute approximate surface area is 173 Å². The van der Waals surface area contributed by atoms with E-state index in [9.17, 15) is 9.59 Å². The van der Waals surface area contributed by atoms with Crippen LogP contribution >= 0.6 is 0 Å². The van der Waals surface area contributed by atoms with Crippen molar-refractivity contribution < 1.29 is 9.36 Å². The number of nitrogens with zero attached hydrogens (tertiary/aromatic N) is 3. The number of nitrogen functional groups attached to an aromatic ring is 1. The molecule has 4 rings (SSSR count). The molecule has 7 nitrogen and oxygen atoms in total. The van der Waals surface area contributed by atoms with Gasteiger partial charge in [0.2, 0.25) is 11.5 Å². The van der Waals surface area contributed by atoms with E-state index in [2.05, 4.69) is 5.32 Å². The van der Waals surface area contributed by atoms with E-state index in [4.69, 9.17) is 10.7 Å². The molecule has 1 amide bonds. The topological polar surface area (TPSA) is 93.4 Å². The molecule has 1 aromatic carbocycles. The van der Waals surface area contributed by atoms with Gasteiger partial charge in [0.1, 0.15) is 10.9 Å². The van der Waals surface area contributed by atoms with Gasteiger partial charge in [-0.3, -0.25) is 14.0 Å². The Morgan fingerprint density at radius 2 is 1.93 bits per heavy atom. The molecule has 0 fully saturated rings. The van der Waals surface area contributed by atoms with E-state index in [1.54, 1.807) is 22.9 Å². The fourth-order valence-electron chi connectivity index (χ4n) is 3.65. The van der Waals surface area contributed by atoms with Crippen molar-refractivity contribution in [2.24, 2.45) is 0 Å². The zero-order valence-corrected chi connectivity index (χ0v) is 17.2. The summed E-state index contributed by atoms with van der Waals surface area (Å²) in [5, 5.41) is 3.24. The highest BCUT2D eigenvalue weighted by Crippen LogP contribution is 2.18. The van der Waals surface area contributed by atoms with Crippen molar-refractivity contribution in [1.29, 1.82) is 0 Å². The summed E-state index contributed by atoms with van der Waals surface area (Å²) >= 11 is 0. The molecule has 0 unspecified atom stereocenters. The van der Waals surface area contributed by atoms with Crippen LogP contribution in [0.5, 0.6) is 0 Å². The number of amides is 1.